The lowest BCUT2D eigenvalue weighted by atomic mass is 10.1. The van der Waals surface area contributed by atoms with Gasteiger partial charge in [-0.25, -0.2) is 0 Å². The van der Waals surface area contributed by atoms with Crippen LogP contribution in [-0.2, 0) is 4.79 Å². The van der Waals surface area contributed by atoms with Crippen LogP contribution >= 0.6 is 11.8 Å². The van der Waals surface area contributed by atoms with Crippen LogP contribution in [-0.4, -0.2) is 35.2 Å². The van der Waals surface area contributed by atoms with Gasteiger partial charge in [-0.1, -0.05) is 27.2 Å². The molecule has 0 aliphatic heterocycles. The molecular formula is C12H25NO2S. The molecule has 0 saturated carbocycles. The summed E-state index contributed by atoms with van der Waals surface area (Å²) in [6, 6.07) is 0. The first kappa shape index (κ1) is 15.8. The van der Waals surface area contributed by atoms with Gasteiger partial charge in [-0.05, 0) is 24.5 Å². The lowest BCUT2D eigenvalue weighted by Crippen LogP contribution is -2.33. The van der Waals surface area contributed by atoms with Gasteiger partial charge in [0.25, 0.3) is 0 Å². The van der Waals surface area contributed by atoms with Gasteiger partial charge in [0.1, 0.15) is 0 Å². The van der Waals surface area contributed by atoms with Crippen molar-refractivity contribution in [3.8, 4) is 0 Å². The molecule has 96 valence electrons. The fourth-order valence-electron chi connectivity index (χ4n) is 1.32. The van der Waals surface area contributed by atoms with E-state index in [9.17, 15) is 9.90 Å². The van der Waals surface area contributed by atoms with E-state index in [1.807, 2.05) is 0 Å². The van der Waals surface area contributed by atoms with Crippen molar-refractivity contribution in [3.63, 3.8) is 0 Å². The van der Waals surface area contributed by atoms with Crippen LogP contribution in [0.25, 0.3) is 0 Å². The molecule has 0 saturated heterocycles. The van der Waals surface area contributed by atoms with Gasteiger partial charge in [-0.3, -0.25) is 4.79 Å². The summed E-state index contributed by atoms with van der Waals surface area (Å²) in [5.74, 6) is 2.04. The number of unbranched alkanes of at least 4 members (excludes halogenated alkanes) is 1. The number of amides is 1. The van der Waals surface area contributed by atoms with Gasteiger partial charge in [0.05, 0.1) is 11.9 Å². The summed E-state index contributed by atoms with van der Waals surface area (Å²) < 4.78 is 0. The van der Waals surface area contributed by atoms with Crippen molar-refractivity contribution in [2.24, 2.45) is 5.92 Å². The summed E-state index contributed by atoms with van der Waals surface area (Å²) in [6.45, 7) is 6.64. The number of carbonyl (C=O) groups is 1. The van der Waals surface area contributed by atoms with Crippen molar-refractivity contribution < 1.29 is 9.90 Å². The van der Waals surface area contributed by atoms with Crippen LogP contribution in [0.15, 0.2) is 0 Å². The predicted molar refractivity (Wildman–Crippen MR) is 70.7 cm³/mol. The van der Waals surface area contributed by atoms with E-state index in [0.717, 1.165) is 18.6 Å². The first-order chi connectivity index (χ1) is 7.56. The Hall–Kier alpha value is -0.220. The van der Waals surface area contributed by atoms with Crippen molar-refractivity contribution in [2.45, 2.75) is 46.1 Å². The van der Waals surface area contributed by atoms with Crippen LogP contribution in [0.5, 0.6) is 0 Å². The maximum Gasteiger partial charge on any atom is 0.230 e. The zero-order chi connectivity index (χ0) is 12.4. The second kappa shape index (κ2) is 9.97. The monoisotopic (exact) mass is 247 g/mol. The van der Waals surface area contributed by atoms with Crippen LogP contribution in [0.3, 0.4) is 0 Å². The number of carbonyl (C=O) groups excluding carboxylic acids is 1. The van der Waals surface area contributed by atoms with E-state index in [4.69, 9.17) is 0 Å². The van der Waals surface area contributed by atoms with Crippen LogP contribution in [0.2, 0.25) is 0 Å². The quantitative estimate of drug-likeness (QED) is 0.613. The summed E-state index contributed by atoms with van der Waals surface area (Å²) in [4.78, 5) is 11.4. The Balaban J connectivity index is 3.42. The number of aliphatic hydroxyl groups is 1. The zero-order valence-corrected chi connectivity index (χ0v) is 11.5. The number of hydrogen-bond donors (Lipinski definition) is 2. The molecule has 0 aliphatic rings. The second-order valence-corrected chi connectivity index (χ2v) is 5.60. The molecule has 1 unspecified atom stereocenters. The van der Waals surface area contributed by atoms with Gasteiger partial charge in [-0.2, -0.15) is 11.8 Å². The van der Waals surface area contributed by atoms with E-state index in [2.05, 4.69) is 26.1 Å². The Kier molecular flexibility index (Phi) is 9.83. The van der Waals surface area contributed by atoms with Crippen LogP contribution in [0, 0.1) is 5.92 Å². The van der Waals surface area contributed by atoms with Crippen LogP contribution in [0.1, 0.15) is 40.0 Å². The summed E-state index contributed by atoms with van der Waals surface area (Å²) >= 11 is 1.66. The van der Waals surface area contributed by atoms with Gasteiger partial charge < -0.3 is 10.4 Å². The Morgan fingerprint density at radius 1 is 1.44 bits per heavy atom. The molecule has 1 amide bonds. The van der Waals surface area contributed by atoms with Gasteiger partial charge >= 0.3 is 0 Å². The number of rotatable bonds is 9. The molecule has 0 spiro atoms. The fourth-order valence-corrected chi connectivity index (χ4v) is 2.25. The summed E-state index contributed by atoms with van der Waals surface area (Å²) in [7, 11) is 0. The van der Waals surface area contributed by atoms with Crippen LogP contribution < -0.4 is 5.32 Å². The molecule has 0 aromatic carbocycles. The maximum absolute atomic E-state index is 11.4. The molecule has 1 atom stereocenters. The molecule has 0 radical (unpaired) electrons. The highest BCUT2D eigenvalue weighted by Gasteiger charge is 2.08. The lowest BCUT2D eigenvalue weighted by molar-refractivity contribution is -0.119. The van der Waals surface area contributed by atoms with E-state index in [1.54, 1.807) is 11.8 Å². The minimum Gasteiger partial charge on any atom is -0.391 e. The Morgan fingerprint density at radius 3 is 2.69 bits per heavy atom. The van der Waals surface area contributed by atoms with E-state index in [1.165, 1.54) is 6.42 Å². The molecular weight excluding hydrogens is 222 g/mol. The molecule has 0 fully saturated rings. The molecule has 3 nitrogen and oxygen atoms in total. The minimum atomic E-state index is -0.412. The summed E-state index contributed by atoms with van der Waals surface area (Å²) in [5.41, 5.74) is 0. The first-order valence-corrected chi connectivity index (χ1v) is 7.24. The summed E-state index contributed by atoms with van der Waals surface area (Å²) in [5, 5.41) is 12.3. The molecule has 16 heavy (non-hydrogen) atoms. The molecule has 0 heterocycles. The third kappa shape index (κ3) is 10.3. The SMILES string of the molecule is CCCCSCC(=O)NCC(O)CC(C)C. The molecule has 2 N–H and O–H groups in total. The Morgan fingerprint density at radius 2 is 2.12 bits per heavy atom. The van der Waals surface area contributed by atoms with Crippen molar-refractivity contribution in [3.05, 3.63) is 0 Å². The molecule has 4 heteroatoms. The van der Waals surface area contributed by atoms with E-state index in [-0.39, 0.29) is 5.91 Å². The maximum atomic E-state index is 11.4. The normalized spacial score (nSPS) is 12.8. The average Bonchev–Trinajstić information content (AvgIpc) is 2.20. The van der Waals surface area contributed by atoms with E-state index < -0.39 is 6.10 Å². The van der Waals surface area contributed by atoms with Gasteiger partial charge in [0, 0.05) is 6.54 Å². The molecule has 0 rings (SSSR count). The zero-order valence-electron chi connectivity index (χ0n) is 10.7. The largest absolute Gasteiger partial charge is 0.391 e. The van der Waals surface area contributed by atoms with Crippen molar-refractivity contribution in [2.75, 3.05) is 18.1 Å². The highest BCUT2D eigenvalue weighted by Crippen LogP contribution is 2.05. The third-order valence-electron chi connectivity index (χ3n) is 2.15. The molecule has 0 aliphatic carbocycles. The number of nitrogens with one attached hydrogen (secondary N) is 1. The number of thioether (sulfide) groups is 1. The summed E-state index contributed by atoms with van der Waals surface area (Å²) in [6.07, 6.45) is 2.66. The van der Waals surface area contributed by atoms with Crippen molar-refractivity contribution in [1.29, 1.82) is 0 Å². The molecule has 0 bridgehead atoms. The first-order valence-electron chi connectivity index (χ1n) is 6.08. The Labute approximate surface area is 103 Å². The number of aliphatic hydroxyl groups excluding tert-OH is 1. The predicted octanol–water partition coefficient (Wildman–Crippen LogP) is 2.04. The highest BCUT2D eigenvalue weighted by molar-refractivity contribution is 7.99. The van der Waals surface area contributed by atoms with Crippen LogP contribution in [0.4, 0.5) is 0 Å². The minimum absolute atomic E-state index is 0.0314. The van der Waals surface area contributed by atoms with Gasteiger partial charge in [-0.15, -0.1) is 0 Å². The van der Waals surface area contributed by atoms with E-state index in [0.29, 0.717) is 18.2 Å². The van der Waals surface area contributed by atoms with Gasteiger partial charge in [0.2, 0.25) is 5.91 Å². The Bertz CT molecular complexity index is 186. The lowest BCUT2D eigenvalue weighted by Gasteiger charge is -2.13. The third-order valence-corrected chi connectivity index (χ3v) is 3.20. The standard InChI is InChI=1S/C12H25NO2S/c1-4-5-6-16-9-12(15)13-8-11(14)7-10(2)3/h10-11,14H,4-9H2,1-3H3,(H,13,15). The number of hydrogen-bond acceptors (Lipinski definition) is 3. The molecule has 0 aromatic rings. The topological polar surface area (TPSA) is 49.3 Å². The second-order valence-electron chi connectivity index (χ2n) is 4.49. The molecule has 0 aromatic heterocycles. The van der Waals surface area contributed by atoms with Crippen molar-refractivity contribution in [1.82, 2.24) is 5.32 Å². The smallest absolute Gasteiger partial charge is 0.230 e. The van der Waals surface area contributed by atoms with E-state index >= 15 is 0 Å². The fraction of sp³-hybridized carbons (Fsp3) is 0.917. The average molecular weight is 247 g/mol. The highest BCUT2D eigenvalue weighted by atomic mass is 32.2. The van der Waals surface area contributed by atoms with Gasteiger partial charge in [0.15, 0.2) is 0 Å². The van der Waals surface area contributed by atoms with Crippen molar-refractivity contribution >= 4 is 17.7 Å².